The lowest BCUT2D eigenvalue weighted by Crippen LogP contribution is -2.04. The Kier molecular flexibility index (Phi) is 5.37. The molecule has 0 aliphatic carbocycles. The van der Waals surface area contributed by atoms with E-state index in [2.05, 4.69) is 61.3 Å². The molecule has 0 bridgehead atoms. The van der Waals surface area contributed by atoms with E-state index < -0.39 is 0 Å². The van der Waals surface area contributed by atoms with Crippen LogP contribution in [0.25, 0.3) is 0 Å². The number of nitrogens with zero attached hydrogens (tertiary/aromatic N) is 2. The number of nitrogens with one attached hydrogen (secondary N) is 1. The second-order valence-electron chi connectivity index (χ2n) is 5.87. The summed E-state index contributed by atoms with van der Waals surface area (Å²) in [4.78, 5) is 0. The van der Waals surface area contributed by atoms with Gasteiger partial charge in [0.25, 0.3) is 0 Å². The number of aromatic amines is 1. The topological polar surface area (TPSA) is 50.8 Å². The maximum absolute atomic E-state index is 5.86. The highest BCUT2D eigenvalue weighted by atomic mass is 16.5. The Morgan fingerprint density at radius 2 is 2.05 bits per heavy atom. The summed E-state index contributed by atoms with van der Waals surface area (Å²) < 4.78 is 5.86. The van der Waals surface area contributed by atoms with Crippen molar-refractivity contribution in [3.63, 3.8) is 0 Å². The first-order valence-corrected chi connectivity index (χ1v) is 7.73. The maximum atomic E-state index is 5.86. The van der Waals surface area contributed by atoms with Crippen LogP contribution in [0.3, 0.4) is 0 Å². The van der Waals surface area contributed by atoms with E-state index in [-0.39, 0.29) is 0 Å². The van der Waals surface area contributed by atoms with Gasteiger partial charge in [-0.2, -0.15) is 15.4 Å². The SMILES string of the molecule is CCCOc1ccc(C(C)Cc2cn[nH]n2)cc1C(C)C. The average molecular weight is 287 g/mol. The number of benzene rings is 1. The summed E-state index contributed by atoms with van der Waals surface area (Å²) in [6, 6.07) is 6.56. The van der Waals surface area contributed by atoms with Gasteiger partial charge < -0.3 is 4.74 Å². The molecule has 0 radical (unpaired) electrons. The number of aromatic nitrogens is 3. The highest BCUT2D eigenvalue weighted by Gasteiger charge is 2.14. The summed E-state index contributed by atoms with van der Waals surface area (Å²) in [5.41, 5.74) is 3.61. The van der Waals surface area contributed by atoms with E-state index in [0.717, 1.165) is 30.9 Å². The smallest absolute Gasteiger partial charge is 0.122 e. The van der Waals surface area contributed by atoms with E-state index in [1.54, 1.807) is 6.20 Å². The molecule has 1 atom stereocenters. The third kappa shape index (κ3) is 4.06. The van der Waals surface area contributed by atoms with Crippen LogP contribution in [0.1, 0.15) is 62.8 Å². The lowest BCUT2D eigenvalue weighted by Gasteiger charge is -2.18. The zero-order chi connectivity index (χ0) is 15.2. The summed E-state index contributed by atoms with van der Waals surface area (Å²) in [5.74, 6) is 1.88. The number of H-pyrrole nitrogens is 1. The van der Waals surface area contributed by atoms with E-state index in [4.69, 9.17) is 4.74 Å². The number of hydrogen-bond donors (Lipinski definition) is 1. The minimum atomic E-state index is 0.410. The Bertz CT molecular complexity index is 549. The first kappa shape index (κ1) is 15.5. The van der Waals surface area contributed by atoms with Gasteiger partial charge in [0.05, 0.1) is 18.5 Å². The van der Waals surface area contributed by atoms with Crippen LogP contribution in [0.5, 0.6) is 5.75 Å². The molecule has 0 spiro atoms. The molecule has 4 heteroatoms. The zero-order valence-corrected chi connectivity index (χ0v) is 13.4. The molecule has 2 rings (SSSR count). The van der Waals surface area contributed by atoms with Gasteiger partial charge in [-0.05, 0) is 41.9 Å². The van der Waals surface area contributed by atoms with E-state index >= 15 is 0 Å². The standard InChI is InChI=1S/C17H25N3O/c1-5-8-21-17-7-6-14(10-16(17)12(2)3)13(4)9-15-11-18-20-19-15/h6-7,10-13H,5,8-9H2,1-4H3,(H,18,19,20). The minimum absolute atomic E-state index is 0.410. The Balaban J connectivity index is 2.18. The highest BCUT2D eigenvalue weighted by Crippen LogP contribution is 2.31. The van der Waals surface area contributed by atoms with Crippen LogP contribution < -0.4 is 4.74 Å². The molecule has 2 aromatic rings. The molecule has 1 heterocycles. The zero-order valence-electron chi connectivity index (χ0n) is 13.4. The molecule has 1 N–H and O–H groups in total. The third-order valence-electron chi connectivity index (χ3n) is 3.67. The molecule has 0 aliphatic heterocycles. The van der Waals surface area contributed by atoms with Crippen molar-refractivity contribution in [3.8, 4) is 5.75 Å². The first-order chi connectivity index (χ1) is 10.1. The predicted octanol–water partition coefficient (Wildman–Crippen LogP) is 4.06. The van der Waals surface area contributed by atoms with Crippen molar-refractivity contribution in [1.82, 2.24) is 15.4 Å². The van der Waals surface area contributed by atoms with Gasteiger partial charge in [-0.3, -0.25) is 0 Å². The van der Waals surface area contributed by atoms with Crippen molar-refractivity contribution in [2.24, 2.45) is 0 Å². The van der Waals surface area contributed by atoms with E-state index in [9.17, 15) is 0 Å². The van der Waals surface area contributed by atoms with E-state index in [1.807, 2.05) is 0 Å². The van der Waals surface area contributed by atoms with Gasteiger partial charge in [0.1, 0.15) is 5.75 Å². The summed E-state index contributed by atoms with van der Waals surface area (Å²) in [7, 11) is 0. The van der Waals surface area contributed by atoms with Crippen LogP contribution >= 0.6 is 0 Å². The van der Waals surface area contributed by atoms with E-state index in [1.165, 1.54) is 11.1 Å². The lowest BCUT2D eigenvalue weighted by molar-refractivity contribution is 0.313. The van der Waals surface area contributed by atoms with Gasteiger partial charge in [-0.15, -0.1) is 0 Å². The van der Waals surface area contributed by atoms with Crippen molar-refractivity contribution < 1.29 is 4.74 Å². The largest absolute Gasteiger partial charge is 0.493 e. The maximum Gasteiger partial charge on any atom is 0.122 e. The molecular weight excluding hydrogens is 262 g/mol. The fraction of sp³-hybridized carbons (Fsp3) is 0.529. The molecule has 4 nitrogen and oxygen atoms in total. The van der Waals surface area contributed by atoms with Crippen LogP contribution in [0.4, 0.5) is 0 Å². The van der Waals surface area contributed by atoms with Crippen molar-refractivity contribution in [3.05, 3.63) is 41.2 Å². The molecule has 0 aliphatic rings. The van der Waals surface area contributed by atoms with Gasteiger partial charge in [0.2, 0.25) is 0 Å². The first-order valence-electron chi connectivity index (χ1n) is 7.73. The Morgan fingerprint density at radius 3 is 2.67 bits per heavy atom. The monoisotopic (exact) mass is 287 g/mol. The molecule has 1 unspecified atom stereocenters. The summed E-state index contributed by atoms with van der Waals surface area (Å²) in [6.45, 7) is 9.54. The molecule has 1 aromatic heterocycles. The minimum Gasteiger partial charge on any atom is -0.493 e. The van der Waals surface area contributed by atoms with Crippen LogP contribution in [0.15, 0.2) is 24.4 Å². The fourth-order valence-electron chi connectivity index (χ4n) is 2.42. The Labute approximate surface area is 126 Å². The second kappa shape index (κ2) is 7.25. The Morgan fingerprint density at radius 1 is 1.24 bits per heavy atom. The molecular formula is C17H25N3O. The number of ether oxygens (including phenoxy) is 1. The lowest BCUT2D eigenvalue weighted by atomic mass is 9.91. The second-order valence-corrected chi connectivity index (χ2v) is 5.87. The summed E-state index contributed by atoms with van der Waals surface area (Å²) in [5, 5.41) is 10.7. The molecule has 0 amide bonds. The summed E-state index contributed by atoms with van der Waals surface area (Å²) in [6.07, 6.45) is 3.71. The summed E-state index contributed by atoms with van der Waals surface area (Å²) >= 11 is 0. The van der Waals surface area contributed by atoms with Crippen molar-refractivity contribution >= 4 is 0 Å². The van der Waals surface area contributed by atoms with Crippen LogP contribution in [-0.2, 0) is 6.42 Å². The molecule has 1 aromatic carbocycles. The van der Waals surface area contributed by atoms with Crippen LogP contribution in [0.2, 0.25) is 0 Å². The Hall–Kier alpha value is -1.84. The molecule has 0 fully saturated rings. The highest BCUT2D eigenvalue weighted by molar-refractivity contribution is 5.40. The van der Waals surface area contributed by atoms with Gasteiger partial charge in [-0.25, -0.2) is 0 Å². The van der Waals surface area contributed by atoms with Crippen LogP contribution in [-0.4, -0.2) is 22.0 Å². The van der Waals surface area contributed by atoms with Gasteiger partial charge in [0, 0.05) is 0 Å². The molecule has 0 saturated heterocycles. The van der Waals surface area contributed by atoms with Crippen LogP contribution in [0, 0.1) is 0 Å². The molecule has 21 heavy (non-hydrogen) atoms. The van der Waals surface area contributed by atoms with E-state index in [0.29, 0.717) is 11.8 Å². The van der Waals surface area contributed by atoms with Crippen molar-refractivity contribution in [2.75, 3.05) is 6.61 Å². The fourth-order valence-corrected chi connectivity index (χ4v) is 2.42. The van der Waals surface area contributed by atoms with Gasteiger partial charge in [-0.1, -0.05) is 39.8 Å². The quantitative estimate of drug-likeness (QED) is 0.835. The number of rotatable bonds is 7. The molecule has 0 saturated carbocycles. The third-order valence-corrected chi connectivity index (χ3v) is 3.67. The normalized spacial score (nSPS) is 12.6. The van der Waals surface area contributed by atoms with Gasteiger partial charge in [0.15, 0.2) is 0 Å². The van der Waals surface area contributed by atoms with Crippen molar-refractivity contribution in [2.45, 2.75) is 52.4 Å². The predicted molar refractivity (Wildman–Crippen MR) is 84.8 cm³/mol. The van der Waals surface area contributed by atoms with Crippen molar-refractivity contribution in [1.29, 1.82) is 0 Å². The average Bonchev–Trinajstić information content (AvgIpc) is 2.97. The molecule has 114 valence electrons. The van der Waals surface area contributed by atoms with Gasteiger partial charge >= 0.3 is 0 Å². The number of hydrogen-bond acceptors (Lipinski definition) is 3.